The van der Waals surface area contributed by atoms with E-state index in [0.29, 0.717) is 0 Å². The van der Waals surface area contributed by atoms with Gasteiger partial charge in [0.2, 0.25) is 9.84 Å². The largest absolute Gasteiger partial charge is 0.362 e. The molecule has 1 fully saturated rings. The summed E-state index contributed by atoms with van der Waals surface area (Å²) in [7, 11) is -7.35. The summed E-state index contributed by atoms with van der Waals surface area (Å²) in [5.41, 5.74) is 0. The first kappa shape index (κ1) is 15.5. The second-order valence-corrected chi connectivity index (χ2v) is 8.91. The van der Waals surface area contributed by atoms with Crippen LogP contribution in [0.2, 0.25) is 0 Å². The Hall–Kier alpha value is -0.920. The maximum Gasteiger partial charge on any atom is 0.203 e. The van der Waals surface area contributed by atoms with Gasteiger partial charge in [0, 0.05) is 6.26 Å². The lowest BCUT2D eigenvalue weighted by Gasteiger charge is -2.13. The van der Waals surface area contributed by atoms with Gasteiger partial charge in [-0.3, -0.25) is 0 Å². The van der Waals surface area contributed by atoms with Crippen LogP contribution in [0.1, 0.15) is 25.7 Å². The van der Waals surface area contributed by atoms with Gasteiger partial charge in [0.1, 0.15) is 0 Å². The molecule has 1 saturated carbocycles. The van der Waals surface area contributed by atoms with Gasteiger partial charge in [-0.05, 0) is 25.0 Å². The molecule has 0 heterocycles. The van der Waals surface area contributed by atoms with Crippen molar-refractivity contribution in [2.45, 2.75) is 41.6 Å². The average Bonchev–Trinajstić information content (AvgIpc) is 2.89. The van der Waals surface area contributed by atoms with Crippen LogP contribution in [0.25, 0.3) is 0 Å². The third-order valence-electron chi connectivity index (χ3n) is 3.34. The highest BCUT2D eigenvalue weighted by atomic mass is 32.2. The highest BCUT2D eigenvalue weighted by molar-refractivity contribution is 7.94. The van der Waals surface area contributed by atoms with E-state index in [-0.39, 0.29) is 15.9 Å². The first-order chi connectivity index (χ1) is 9.31. The van der Waals surface area contributed by atoms with Gasteiger partial charge < -0.3 is 4.74 Å². The van der Waals surface area contributed by atoms with Gasteiger partial charge in [-0.25, -0.2) is 16.8 Å². The quantitative estimate of drug-likeness (QED) is 0.827. The van der Waals surface area contributed by atoms with Gasteiger partial charge in [0.15, 0.2) is 15.8 Å². The van der Waals surface area contributed by atoms with Gasteiger partial charge in [-0.2, -0.15) is 0 Å². The van der Waals surface area contributed by atoms with Crippen molar-refractivity contribution in [1.29, 1.82) is 0 Å². The number of ether oxygens (including phenoxy) is 1. The molecule has 0 atom stereocenters. The molecule has 1 aliphatic rings. The van der Waals surface area contributed by atoms with Gasteiger partial charge in [0.25, 0.3) is 0 Å². The molecule has 0 aromatic heterocycles. The number of hydrogen-bond donors (Lipinski definition) is 0. The normalized spacial score (nSPS) is 17.4. The fourth-order valence-corrected chi connectivity index (χ4v) is 5.07. The summed E-state index contributed by atoms with van der Waals surface area (Å²) in [6.07, 6.45) is 4.79. The molecule has 1 aromatic carbocycles. The summed E-state index contributed by atoms with van der Waals surface area (Å²) < 4.78 is 53.3. The molecule has 20 heavy (non-hydrogen) atoms. The molecule has 2 rings (SSSR count). The van der Waals surface area contributed by atoms with Crippen LogP contribution >= 0.6 is 0 Å². The molecule has 0 saturated heterocycles. The molecule has 0 unspecified atom stereocenters. The minimum atomic E-state index is -3.76. The molecule has 1 aromatic rings. The maximum atomic E-state index is 12.3. The lowest BCUT2D eigenvalue weighted by Crippen LogP contribution is -2.18. The van der Waals surface area contributed by atoms with Crippen LogP contribution in [0.4, 0.5) is 0 Å². The lowest BCUT2D eigenvalue weighted by molar-refractivity contribution is 0.0919. The molecule has 7 heteroatoms. The van der Waals surface area contributed by atoms with Crippen molar-refractivity contribution in [2.24, 2.45) is 0 Å². The van der Waals surface area contributed by atoms with E-state index in [1.54, 1.807) is 0 Å². The SMILES string of the molecule is CS(=O)(=O)c1ccccc1S(=O)(=O)COC1CCCC1. The third kappa shape index (κ3) is 3.59. The van der Waals surface area contributed by atoms with Crippen LogP contribution in [-0.2, 0) is 24.4 Å². The second kappa shape index (κ2) is 5.83. The lowest BCUT2D eigenvalue weighted by atomic mass is 10.3. The molecule has 0 spiro atoms. The van der Waals surface area contributed by atoms with Crippen molar-refractivity contribution in [1.82, 2.24) is 0 Å². The standard InChI is InChI=1S/C13H18O5S2/c1-19(14,15)12-8-4-5-9-13(12)20(16,17)10-18-11-6-2-3-7-11/h4-5,8-9,11H,2-3,6-7,10H2,1H3. The summed E-state index contributed by atoms with van der Waals surface area (Å²) in [5, 5.41) is 0. The fourth-order valence-electron chi connectivity index (χ4n) is 2.32. The Balaban J connectivity index is 2.25. The topological polar surface area (TPSA) is 77.5 Å². The average molecular weight is 318 g/mol. The molecule has 112 valence electrons. The fraction of sp³-hybridized carbons (Fsp3) is 0.538. The Kier molecular flexibility index (Phi) is 4.51. The monoisotopic (exact) mass is 318 g/mol. The first-order valence-corrected chi connectivity index (χ1v) is 9.98. The number of rotatable bonds is 5. The Labute approximate surface area is 119 Å². The van der Waals surface area contributed by atoms with E-state index >= 15 is 0 Å². The highest BCUT2D eigenvalue weighted by Crippen LogP contribution is 2.25. The van der Waals surface area contributed by atoms with E-state index in [1.165, 1.54) is 24.3 Å². The molecule has 0 aliphatic heterocycles. The molecular weight excluding hydrogens is 300 g/mol. The van der Waals surface area contributed by atoms with Crippen LogP contribution in [0.15, 0.2) is 34.1 Å². The minimum absolute atomic E-state index is 0.0322. The highest BCUT2D eigenvalue weighted by Gasteiger charge is 2.25. The van der Waals surface area contributed by atoms with Crippen LogP contribution in [0.3, 0.4) is 0 Å². The summed E-state index contributed by atoms with van der Waals surface area (Å²) in [6.45, 7) is 0. The smallest absolute Gasteiger partial charge is 0.203 e. The van der Waals surface area contributed by atoms with E-state index in [4.69, 9.17) is 4.74 Å². The van der Waals surface area contributed by atoms with Gasteiger partial charge in [0.05, 0.1) is 15.9 Å². The van der Waals surface area contributed by atoms with Crippen LogP contribution in [-0.4, -0.2) is 35.1 Å². The zero-order chi connectivity index (χ0) is 14.8. The Morgan fingerprint density at radius 3 is 2.15 bits per heavy atom. The number of sulfone groups is 2. The Morgan fingerprint density at radius 1 is 1.05 bits per heavy atom. The Bertz CT molecular complexity index is 670. The predicted molar refractivity (Wildman–Crippen MR) is 74.9 cm³/mol. The minimum Gasteiger partial charge on any atom is -0.362 e. The van der Waals surface area contributed by atoms with Crippen molar-refractivity contribution in [2.75, 3.05) is 12.2 Å². The Morgan fingerprint density at radius 2 is 1.60 bits per heavy atom. The predicted octanol–water partition coefficient (Wildman–Crippen LogP) is 1.78. The van der Waals surface area contributed by atoms with Gasteiger partial charge >= 0.3 is 0 Å². The van der Waals surface area contributed by atoms with Crippen molar-refractivity contribution in [3.63, 3.8) is 0 Å². The summed E-state index contributed by atoms with van der Waals surface area (Å²) in [6, 6.07) is 5.63. The molecule has 0 amide bonds. The number of hydrogen-bond acceptors (Lipinski definition) is 5. The molecule has 0 bridgehead atoms. The van der Waals surface area contributed by atoms with E-state index in [9.17, 15) is 16.8 Å². The number of benzene rings is 1. The first-order valence-electron chi connectivity index (χ1n) is 6.44. The zero-order valence-electron chi connectivity index (χ0n) is 11.3. The van der Waals surface area contributed by atoms with Crippen LogP contribution < -0.4 is 0 Å². The van der Waals surface area contributed by atoms with Gasteiger partial charge in [-0.1, -0.05) is 25.0 Å². The van der Waals surface area contributed by atoms with E-state index < -0.39 is 25.6 Å². The molecular formula is C13H18O5S2. The zero-order valence-corrected chi connectivity index (χ0v) is 12.9. The molecule has 5 nitrogen and oxygen atoms in total. The molecule has 0 N–H and O–H groups in total. The summed E-state index contributed by atoms with van der Waals surface area (Å²) in [5.74, 6) is -0.468. The van der Waals surface area contributed by atoms with Crippen LogP contribution in [0.5, 0.6) is 0 Å². The molecule has 0 radical (unpaired) electrons. The maximum absolute atomic E-state index is 12.3. The second-order valence-electron chi connectivity index (χ2n) is 5.02. The van der Waals surface area contributed by atoms with E-state index in [2.05, 4.69) is 0 Å². The summed E-state index contributed by atoms with van der Waals surface area (Å²) in [4.78, 5) is -0.351. The molecule has 1 aliphatic carbocycles. The van der Waals surface area contributed by atoms with Crippen molar-refractivity contribution in [3.05, 3.63) is 24.3 Å². The summed E-state index contributed by atoms with van der Waals surface area (Å²) >= 11 is 0. The van der Waals surface area contributed by atoms with Gasteiger partial charge in [-0.15, -0.1) is 0 Å². The van der Waals surface area contributed by atoms with E-state index in [0.717, 1.165) is 31.9 Å². The van der Waals surface area contributed by atoms with Crippen molar-refractivity contribution in [3.8, 4) is 0 Å². The van der Waals surface area contributed by atoms with E-state index in [1.807, 2.05) is 0 Å². The third-order valence-corrected chi connectivity index (χ3v) is 6.10. The van der Waals surface area contributed by atoms with Crippen molar-refractivity contribution >= 4 is 19.7 Å². The van der Waals surface area contributed by atoms with Crippen LogP contribution in [0, 0.1) is 0 Å². The van der Waals surface area contributed by atoms with Crippen molar-refractivity contribution < 1.29 is 21.6 Å².